The third kappa shape index (κ3) is 3.62. The fourth-order valence-corrected chi connectivity index (χ4v) is 4.63. The highest BCUT2D eigenvalue weighted by atomic mass is 32.2. The largest absolute Gasteiger partial charge is 0.330 e. The molecule has 3 heteroatoms. The normalized spacial score (nSPS) is 29.1. The highest BCUT2D eigenvalue weighted by Gasteiger charge is 2.35. The molecule has 1 saturated heterocycles. The van der Waals surface area contributed by atoms with E-state index in [0.717, 1.165) is 6.54 Å². The Morgan fingerprint density at radius 2 is 1.88 bits per heavy atom. The molecule has 0 aromatic carbocycles. The first-order valence-electron chi connectivity index (χ1n) is 7.12. The van der Waals surface area contributed by atoms with Gasteiger partial charge in [0.2, 0.25) is 0 Å². The first-order chi connectivity index (χ1) is 8.05. The lowest BCUT2D eigenvalue weighted by molar-refractivity contribution is 0.108. The zero-order chi connectivity index (χ0) is 12.4. The van der Waals surface area contributed by atoms with E-state index in [4.69, 9.17) is 5.73 Å². The molecule has 0 radical (unpaired) electrons. The van der Waals surface area contributed by atoms with Crippen LogP contribution in [0, 0.1) is 5.41 Å². The Kier molecular flexibility index (Phi) is 4.43. The Labute approximate surface area is 111 Å². The van der Waals surface area contributed by atoms with E-state index in [9.17, 15) is 0 Å². The van der Waals surface area contributed by atoms with Crippen molar-refractivity contribution >= 4 is 11.8 Å². The zero-order valence-corrected chi connectivity index (χ0v) is 12.3. The van der Waals surface area contributed by atoms with Crippen molar-refractivity contribution in [3.05, 3.63) is 0 Å². The van der Waals surface area contributed by atoms with Crippen molar-refractivity contribution in [1.29, 1.82) is 0 Å². The number of thioether (sulfide) groups is 1. The van der Waals surface area contributed by atoms with Gasteiger partial charge in [0, 0.05) is 30.1 Å². The summed E-state index contributed by atoms with van der Waals surface area (Å²) in [6.45, 7) is 9.37. The molecule has 1 aliphatic carbocycles. The molecule has 0 atom stereocenters. The number of nitrogens with zero attached hydrogens (tertiary/aromatic N) is 1. The maximum Gasteiger partial charge on any atom is 0.0231 e. The van der Waals surface area contributed by atoms with E-state index in [0.29, 0.717) is 10.2 Å². The summed E-state index contributed by atoms with van der Waals surface area (Å²) in [7, 11) is 0. The topological polar surface area (TPSA) is 29.3 Å². The first kappa shape index (κ1) is 13.7. The van der Waals surface area contributed by atoms with Crippen LogP contribution in [-0.4, -0.2) is 41.6 Å². The fraction of sp³-hybridized carbons (Fsp3) is 1.00. The van der Waals surface area contributed by atoms with Crippen molar-refractivity contribution in [2.24, 2.45) is 11.1 Å². The molecule has 2 nitrogen and oxygen atoms in total. The maximum atomic E-state index is 6.09. The summed E-state index contributed by atoms with van der Waals surface area (Å²) in [5, 5.41) is 0. The van der Waals surface area contributed by atoms with Gasteiger partial charge in [0.1, 0.15) is 0 Å². The molecule has 2 aliphatic rings. The van der Waals surface area contributed by atoms with E-state index in [2.05, 4.69) is 30.5 Å². The fourth-order valence-electron chi connectivity index (χ4n) is 3.45. The minimum absolute atomic E-state index is 0.433. The molecular formula is C14H28N2S. The van der Waals surface area contributed by atoms with Crippen LogP contribution < -0.4 is 5.73 Å². The average molecular weight is 256 g/mol. The molecule has 100 valence electrons. The first-order valence-corrected chi connectivity index (χ1v) is 8.10. The molecule has 2 fully saturated rings. The third-order valence-corrected chi connectivity index (χ3v) is 5.71. The van der Waals surface area contributed by atoms with Crippen LogP contribution in [0.1, 0.15) is 46.0 Å². The second kappa shape index (κ2) is 5.50. The van der Waals surface area contributed by atoms with Gasteiger partial charge in [-0.15, -0.1) is 0 Å². The maximum absolute atomic E-state index is 6.09. The predicted octanol–water partition coefficient (Wildman–Crippen LogP) is 2.72. The van der Waals surface area contributed by atoms with E-state index in [1.165, 1.54) is 57.5 Å². The van der Waals surface area contributed by atoms with Crippen LogP contribution in [0.25, 0.3) is 0 Å². The average Bonchev–Trinajstić information content (AvgIpc) is 2.29. The van der Waals surface area contributed by atoms with Crippen LogP contribution in [0.5, 0.6) is 0 Å². The summed E-state index contributed by atoms with van der Waals surface area (Å²) in [6.07, 6.45) is 6.91. The Hall–Kier alpha value is 0.270. The second-order valence-electron chi connectivity index (χ2n) is 6.58. The molecule has 0 aromatic heterocycles. The number of hydrogen-bond donors (Lipinski definition) is 1. The SMILES string of the molecule is CC1(C)CN(CC2(CN)CCCCC2)CCS1. The summed E-state index contributed by atoms with van der Waals surface area (Å²) in [6, 6.07) is 0. The van der Waals surface area contributed by atoms with Gasteiger partial charge < -0.3 is 10.6 Å². The number of hydrogen-bond acceptors (Lipinski definition) is 3. The van der Waals surface area contributed by atoms with Crippen molar-refractivity contribution in [2.75, 3.05) is 31.9 Å². The zero-order valence-electron chi connectivity index (χ0n) is 11.5. The summed E-state index contributed by atoms with van der Waals surface area (Å²) in [5.74, 6) is 1.29. The Bertz CT molecular complexity index is 247. The summed E-state index contributed by atoms with van der Waals surface area (Å²) < 4.78 is 0.433. The van der Waals surface area contributed by atoms with Crippen LogP contribution >= 0.6 is 11.8 Å². The Morgan fingerprint density at radius 3 is 2.47 bits per heavy atom. The molecule has 0 amide bonds. The van der Waals surface area contributed by atoms with Gasteiger partial charge in [0.15, 0.2) is 0 Å². The second-order valence-corrected chi connectivity index (χ2v) is 8.39. The van der Waals surface area contributed by atoms with Gasteiger partial charge in [-0.05, 0) is 38.6 Å². The Balaban J connectivity index is 1.93. The van der Waals surface area contributed by atoms with Crippen molar-refractivity contribution in [2.45, 2.75) is 50.7 Å². The summed E-state index contributed by atoms with van der Waals surface area (Å²) in [4.78, 5) is 2.68. The lowest BCUT2D eigenvalue weighted by Gasteiger charge is -2.45. The van der Waals surface area contributed by atoms with E-state index in [-0.39, 0.29) is 0 Å². The van der Waals surface area contributed by atoms with Crippen LogP contribution in [-0.2, 0) is 0 Å². The number of rotatable bonds is 3. The van der Waals surface area contributed by atoms with Gasteiger partial charge in [-0.25, -0.2) is 0 Å². The van der Waals surface area contributed by atoms with E-state index >= 15 is 0 Å². The summed E-state index contributed by atoms with van der Waals surface area (Å²) in [5.41, 5.74) is 6.53. The van der Waals surface area contributed by atoms with Gasteiger partial charge >= 0.3 is 0 Å². The molecule has 0 aromatic rings. The van der Waals surface area contributed by atoms with Gasteiger partial charge in [0.25, 0.3) is 0 Å². The lowest BCUT2D eigenvalue weighted by Crippen LogP contribution is -2.50. The van der Waals surface area contributed by atoms with Gasteiger partial charge in [-0.2, -0.15) is 11.8 Å². The molecule has 2 N–H and O–H groups in total. The monoisotopic (exact) mass is 256 g/mol. The quantitative estimate of drug-likeness (QED) is 0.842. The third-order valence-electron chi connectivity index (χ3n) is 4.41. The van der Waals surface area contributed by atoms with Crippen LogP contribution in [0.4, 0.5) is 0 Å². The molecule has 0 bridgehead atoms. The molecule has 1 saturated carbocycles. The van der Waals surface area contributed by atoms with Gasteiger partial charge in [0.05, 0.1) is 0 Å². The molecule has 1 aliphatic heterocycles. The highest BCUT2D eigenvalue weighted by Crippen LogP contribution is 2.38. The number of nitrogens with two attached hydrogens (primary N) is 1. The minimum Gasteiger partial charge on any atom is -0.330 e. The molecule has 17 heavy (non-hydrogen) atoms. The standard InChI is InChI=1S/C14H28N2S/c1-13(2)11-16(8-9-17-13)12-14(10-15)6-4-3-5-7-14/h3-12,15H2,1-2H3. The lowest BCUT2D eigenvalue weighted by atomic mass is 9.73. The molecule has 2 rings (SSSR count). The van der Waals surface area contributed by atoms with Gasteiger partial charge in [-0.3, -0.25) is 0 Å². The highest BCUT2D eigenvalue weighted by molar-refractivity contribution is 8.00. The van der Waals surface area contributed by atoms with Crippen molar-refractivity contribution in [3.8, 4) is 0 Å². The van der Waals surface area contributed by atoms with E-state index in [1.807, 2.05) is 0 Å². The van der Waals surface area contributed by atoms with Crippen LogP contribution in [0.15, 0.2) is 0 Å². The predicted molar refractivity (Wildman–Crippen MR) is 77.5 cm³/mol. The Morgan fingerprint density at radius 1 is 1.18 bits per heavy atom. The van der Waals surface area contributed by atoms with Crippen molar-refractivity contribution in [3.63, 3.8) is 0 Å². The summed E-state index contributed by atoms with van der Waals surface area (Å²) >= 11 is 2.12. The molecular weight excluding hydrogens is 228 g/mol. The van der Waals surface area contributed by atoms with E-state index in [1.54, 1.807) is 0 Å². The van der Waals surface area contributed by atoms with E-state index < -0.39 is 0 Å². The molecule has 1 heterocycles. The van der Waals surface area contributed by atoms with Gasteiger partial charge in [-0.1, -0.05) is 19.3 Å². The molecule has 0 spiro atoms. The smallest absolute Gasteiger partial charge is 0.0231 e. The van der Waals surface area contributed by atoms with Crippen molar-refractivity contribution in [1.82, 2.24) is 4.90 Å². The van der Waals surface area contributed by atoms with Crippen molar-refractivity contribution < 1.29 is 0 Å². The van der Waals surface area contributed by atoms with Crippen LogP contribution in [0.3, 0.4) is 0 Å². The molecule has 0 unspecified atom stereocenters. The minimum atomic E-state index is 0.433. The van der Waals surface area contributed by atoms with Crippen LogP contribution in [0.2, 0.25) is 0 Å².